The van der Waals surface area contributed by atoms with Crippen molar-refractivity contribution < 1.29 is 19.4 Å². The van der Waals surface area contributed by atoms with E-state index in [1.54, 1.807) is 17.0 Å². The van der Waals surface area contributed by atoms with Crippen LogP contribution >= 0.6 is 0 Å². The average Bonchev–Trinajstić information content (AvgIpc) is 2.45. The van der Waals surface area contributed by atoms with Gasteiger partial charge in [0.05, 0.1) is 5.56 Å². The fraction of sp³-hybridized carbons (Fsp3) is 0.556. The summed E-state index contributed by atoms with van der Waals surface area (Å²) in [4.78, 5) is 25.2. The molecule has 1 aromatic carbocycles. The molecule has 0 bridgehead atoms. The van der Waals surface area contributed by atoms with E-state index in [1.165, 1.54) is 0 Å². The number of carbonyl (C=O) groups is 2. The molecule has 126 valence electrons. The van der Waals surface area contributed by atoms with Crippen LogP contribution in [0.25, 0.3) is 0 Å². The number of amides is 1. The van der Waals surface area contributed by atoms with E-state index in [2.05, 4.69) is 0 Å². The summed E-state index contributed by atoms with van der Waals surface area (Å²) in [5.41, 5.74) is 1.70. The lowest BCUT2D eigenvalue weighted by atomic mass is 9.89. The first-order chi connectivity index (χ1) is 10.7. The van der Waals surface area contributed by atoms with Crippen molar-refractivity contribution >= 4 is 12.1 Å². The third kappa shape index (κ3) is 4.71. The lowest BCUT2D eigenvalue weighted by Gasteiger charge is -2.34. The molecule has 1 saturated heterocycles. The van der Waals surface area contributed by atoms with Gasteiger partial charge in [-0.05, 0) is 63.8 Å². The predicted octanol–water partition coefficient (Wildman–Crippen LogP) is 3.81. The molecule has 1 amide bonds. The van der Waals surface area contributed by atoms with Gasteiger partial charge in [-0.1, -0.05) is 6.07 Å². The molecule has 0 saturated carbocycles. The normalized spacial score (nSPS) is 18.6. The van der Waals surface area contributed by atoms with E-state index in [4.69, 9.17) is 4.74 Å². The summed E-state index contributed by atoms with van der Waals surface area (Å²) in [5.74, 6) is -0.774. The number of nitrogens with zero attached hydrogens (tertiary/aromatic N) is 1. The van der Waals surface area contributed by atoms with Gasteiger partial charge in [-0.2, -0.15) is 0 Å². The molecule has 23 heavy (non-hydrogen) atoms. The number of aromatic carboxylic acids is 1. The molecule has 1 fully saturated rings. The van der Waals surface area contributed by atoms with E-state index < -0.39 is 11.6 Å². The highest BCUT2D eigenvalue weighted by molar-refractivity contribution is 5.88. The van der Waals surface area contributed by atoms with Gasteiger partial charge in [0.2, 0.25) is 0 Å². The largest absolute Gasteiger partial charge is 0.478 e. The van der Waals surface area contributed by atoms with Crippen LogP contribution in [0.1, 0.15) is 61.0 Å². The highest BCUT2D eigenvalue weighted by Gasteiger charge is 2.28. The Balaban J connectivity index is 2.15. The molecule has 1 aliphatic rings. The van der Waals surface area contributed by atoms with Crippen molar-refractivity contribution in [2.24, 2.45) is 0 Å². The maximum Gasteiger partial charge on any atom is 0.410 e. The summed E-state index contributed by atoms with van der Waals surface area (Å²) in [5, 5.41) is 9.22. The lowest BCUT2D eigenvalue weighted by molar-refractivity contribution is 0.0198. The number of likely N-dealkylation sites (tertiary alicyclic amines) is 1. The van der Waals surface area contributed by atoms with Crippen molar-refractivity contribution in [3.8, 4) is 0 Å². The van der Waals surface area contributed by atoms with E-state index in [1.807, 2.05) is 33.8 Å². The molecule has 1 heterocycles. The number of hydrogen-bond donors (Lipinski definition) is 1. The number of piperidine rings is 1. The van der Waals surface area contributed by atoms with Crippen molar-refractivity contribution in [2.75, 3.05) is 13.1 Å². The maximum atomic E-state index is 12.2. The first-order valence-electron chi connectivity index (χ1n) is 7.98. The zero-order valence-electron chi connectivity index (χ0n) is 14.3. The Bertz CT molecular complexity index is 604. The van der Waals surface area contributed by atoms with E-state index in [9.17, 15) is 14.7 Å². The molecule has 0 aromatic heterocycles. The Kier molecular flexibility index (Phi) is 4.97. The third-order valence-corrected chi connectivity index (χ3v) is 3.89. The van der Waals surface area contributed by atoms with E-state index in [0.717, 1.165) is 24.0 Å². The number of benzene rings is 1. The van der Waals surface area contributed by atoms with Crippen LogP contribution in [0.2, 0.25) is 0 Å². The van der Waals surface area contributed by atoms with Crippen LogP contribution in [-0.4, -0.2) is 40.8 Å². The van der Waals surface area contributed by atoms with Gasteiger partial charge in [-0.3, -0.25) is 0 Å². The molecular weight excluding hydrogens is 294 g/mol. The van der Waals surface area contributed by atoms with Crippen LogP contribution in [0, 0.1) is 6.92 Å². The Morgan fingerprint density at radius 2 is 1.96 bits per heavy atom. The number of hydrogen-bond acceptors (Lipinski definition) is 3. The van der Waals surface area contributed by atoms with Gasteiger partial charge in [-0.25, -0.2) is 9.59 Å². The molecule has 2 rings (SSSR count). The lowest BCUT2D eigenvalue weighted by Crippen LogP contribution is -2.42. The van der Waals surface area contributed by atoms with Gasteiger partial charge in [0, 0.05) is 19.0 Å². The molecule has 0 radical (unpaired) electrons. The quantitative estimate of drug-likeness (QED) is 0.900. The molecule has 1 aliphatic heterocycles. The van der Waals surface area contributed by atoms with E-state index in [0.29, 0.717) is 18.7 Å². The van der Waals surface area contributed by atoms with E-state index >= 15 is 0 Å². The number of carbonyl (C=O) groups excluding carboxylic acids is 1. The first-order valence-corrected chi connectivity index (χ1v) is 7.98. The minimum Gasteiger partial charge on any atom is -0.478 e. The van der Waals surface area contributed by atoms with Gasteiger partial charge >= 0.3 is 12.1 Å². The smallest absolute Gasteiger partial charge is 0.410 e. The van der Waals surface area contributed by atoms with E-state index in [-0.39, 0.29) is 12.0 Å². The van der Waals surface area contributed by atoms with Gasteiger partial charge in [-0.15, -0.1) is 0 Å². The number of ether oxygens (including phenoxy) is 1. The topological polar surface area (TPSA) is 66.8 Å². The van der Waals surface area contributed by atoms with Crippen molar-refractivity contribution in [1.29, 1.82) is 0 Å². The molecule has 5 nitrogen and oxygen atoms in total. The fourth-order valence-corrected chi connectivity index (χ4v) is 2.91. The van der Waals surface area contributed by atoms with Gasteiger partial charge < -0.3 is 14.7 Å². The van der Waals surface area contributed by atoms with Crippen molar-refractivity contribution in [1.82, 2.24) is 4.90 Å². The maximum absolute atomic E-state index is 12.2. The summed E-state index contributed by atoms with van der Waals surface area (Å²) < 4.78 is 5.44. The SMILES string of the molecule is Cc1cc(C(=O)O)cc(C2CCCN(C(=O)OC(C)(C)C)C2)c1. The van der Waals surface area contributed by atoms with Crippen LogP contribution in [0.4, 0.5) is 4.79 Å². The standard InChI is InChI=1S/C18H25NO4/c1-12-8-14(10-15(9-12)16(20)21)13-6-5-7-19(11-13)17(22)23-18(2,3)4/h8-10,13H,5-7,11H2,1-4H3,(H,20,21). The average molecular weight is 319 g/mol. The Morgan fingerprint density at radius 3 is 2.57 bits per heavy atom. The highest BCUT2D eigenvalue weighted by Crippen LogP contribution is 2.29. The summed E-state index contributed by atoms with van der Waals surface area (Å²) in [6, 6.07) is 5.40. The summed E-state index contributed by atoms with van der Waals surface area (Å²) >= 11 is 0. The molecular formula is C18H25NO4. The second-order valence-corrected chi connectivity index (χ2v) is 7.20. The molecule has 0 spiro atoms. The zero-order chi connectivity index (χ0) is 17.2. The Labute approximate surface area is 137 Å². The number of rotatable bonds is 2. The highest BCUT2D eigenvalue weighted by atomic mass is 16.6. The minimum absolute atomic E-state index is 0.147. The van der Waals surface area contributed by atoms with Gasteiger partial charge in [0.15, 0.2) is 0 Å². The monoisotopic (exact) mass is 319 g/mol. The minimum atomic E-state index is -0.922. The number of carboxylic acid groups (broad SMARTS) is 1. The third-order valence-electron chi connectivity index (χ3n) is 3.89. The van der Waals surface area contributed by atoms with Crippen LogP contribution in [-0.2, 0) is 4.74 Å². The molecule has 5 heteroatoms. The van der Waals surface area contributed by atoms with Crippen molar-refractivity contribution in [3.63, 3.8) is 0 Å². The van der Waals surface area contributed by atoms with Crippen LogP contribution in [0.5, 0.6) is 0 Å². The van der Waals surface area contributed by atoms with Crippen molar-refractivity contribution in [3.05, 3.63) is 34.9 Å². The molecule has 0 aliphatic carbocycles. The molecule has 1 aromatic rings. The fourth-order valence-electron chi connectivity index (χ4n) is 2.91. The van der Waals surface area contributed by atoms with Crippen molar-refractivity contribution in [2.45, 2.75) is 52.1 Å². The zero-order valence-corrected chi connectivity index (χ0v) is 14.3. The molecule has 1 N–H and O–H groups in total. The van der Waals surface area contributed by atoms with Crippen LogP contribution in [0.3, 0.4) is 0 Å². The number of carboxylic acids is 1. The predicted molar refractivity (Wildman–Crippen MR) is 87.9 cm³/mol. The number of aryl methyl sites for hydroxylation is 1. The molecule has 1 atom stereocenters. The second kappa shape index (κ2) is 6.60. The summed E-state index contributed by atoms with van der Waals surface area (Å²) in [7, 11) is 0. The van der Waals surface area contributed by atoms with Gasteiger partial charge in [0.1, 0.15) is 5.60 Å². The molecule has 1 unspecified atom stereocenters. The van der Waals surface area contributed by atoms with Gasteiger partial charge in [0.25, 0.3) is 0 Å². The Hall–Kier alpha value is -2.04. The second-order valence-electron chi connectivity index (χ2n) is 7.20. The first kappa shape index (κ1) is 17.3. The summed E-state index contributed by atoms with van der Waals surface area (Å²) in [6.07, 6.45) is 1.54. The Morgan fingerprint density at radius 1 is 1.26 bits per heavy atom. The summed E-state index contributed by atoms with van der Waals surface area (Å²) in [6.45, 7) is 8.70. The van der Waals surface area contributed by atoms with Crippen LogP contribution < -0.4 is 0 Å². The van der Waals surface area contributed by atoms with Crippen LogP contribution in [0.15, 0.2) is 18.2 Å².